The Morgan fingerprint density at radius 3 is 1.33 bits per heavy atom. The minimum absolute atomic E-state index is 0.0494. The molecule has 0 heterocycles. The Hall–Kier alpha value is -2.07. The number of rotatable bonds is 18. The maximum Gasteiger partial charge on any atom is 0.302 e. The summed E-state index contributed by atoms with van der Waals surface area (Å²) in [4.78, 5) is 10.6. The Kier molecular flexibility index (Phi) is 13.9. The number of ether oxygens (including phenoxy) is 5. The van der Waals surface area contributed by atoms with Gasteiger partial charge in [-0.15, -0.1) is 0 Å². The zero-order valence-corrected chi connectivity index (χ0v) is 23.2. The lowest BCUT2D eigenvalue weighted by Crippen LogP contribution is -2.66. The molecule has 2 rings (SSSR count). The van der Waals surface area contributed by atoms with Gasteiger partial charge in [0.15, 0.2) is 0 Å². The summed E-state index contributed by atoms with van der Waals surface area (Å²) in [5, 5.41) is 2.48. The molecule has 7 nitrogen and oxygen atoms in total. The molecular formula is C28H42O7Si. The predicted molar refractivity (Wildman–Crippen MR) is 143 cm³/mol. The van der Waals surface area contributed by atoms with Crippen LogP contribution in [0.15, 0.2) is 60.7 Å². The van der Waals surface area contributed by atoms with Crippen molar-refractivity contribution in [1.29, 1.82) is 0 Å². The highest BCUT2D eigenvalue weighted by Crippen LogP contribution is 2.36. The standard InChI is InChI=1S/C28H42O7Si/c1-25(29)34-23-21-32-19-17-30-15-16-31-18-20-33-22-24-35-36(28(2,3)4,26-11-7-5-8-12-26)27-13-9-6-10-14-27/h5-14H,15-24H2,1-4H3. The first-order chi connectivity index (χ1) is 17.4. The monoisotopic (exact) mass is 518 g/mol. The first-order valence-electron chi connectivity index (χ1n) is 12.6. The van der Waals surface area contributed by atoms with Gasteiger partial charge in [-0.2, -0.15) is 0 Å². The van der Waals surface area contributed by atoms with E-state index in [1.165, 1.54) is 17.3 Å². The molecule has 2 aromatic rings. The Labute approximate surface area is 217 Å². The largest absolute Gasteiger partial charge is 0.463 e. The molecule has 36 heavy (non-hydrogen) atoms. The predicted octanol–water partition coefficient (Wildman–Crippen LogP) is 3.19. The van der Waals surface area contributed by atoms with Crippen molar-refractivity contribution in [3.63, 3.8) is 0 Å². The fourth-order valence-electron chi connectivity index (χ4n) is 4.02. The number of hydrogen-bond donors (Lipinski definition) is 0. The lowest BCUT2D eigenvalue weighted by atomic mass is 10.2. The van der Waals surface area contributed by atoms with Crippen molar-refractivity contribution in [2.75, 3.05) is 66.1 Å². The van der Waals surface area contributed by atoms with Crippen molar-refractivity contribution in [3.8, 4) is 0 Å². The van der Waals surface area contributed by atoms with E-state index in [2.05, 4.69) is 69.3 Å². The van der Waals surface area contributed by atoms with Crippen LogP contribution in [-0.4, -0.2) is 80.4 Å². The third-order valence-electron chi connectivity index (χ3n) is 5.61. The van der Waals surface area contributed by atoms with Crippen molar-refractivity contribution in [1.82, 2.24) is 0 Å². The summed E-state index contributed by atoms with van der Waals surface area (Å²) < 4.78 is 33.7. The SMILES string of the molecule is CC(=O)OCCOCCOCCOCCOCCO[Si](c1ccccc1)(c1ccccc1)C(C)(C)C. The Morgan fingerprint density at radius 2 is 0.972 bits per heavy atom. The molecule has 0 unspecified atom stereocenters. The van der Waals surface area contributed by atoms with Crippen molar-refractivity contribution >= 4 is 24.7 Å². The second-order valence-electron chi connectivity index (χ2n) is 9.30. The van der Waals surface area contributed by atoms with Gasteiger partial charge in [0.25, 0.3) is 8.32 Å². The maximum absolute atomic E-state index is 10.6. The highest BCUT2D eigenvalue weighted by molar-refractivity contribution is 6.99. The van der Waals surface area contributed by atoms with Crippen LogP contribution in [0.25, 0.3) is 0 Å². The van der Waals surface area contributed by atoms with Gasteiger partial charge in [0.1, 0.15) is 6.61 Å². The first kappa shape index (κ1) is 30.2. The molecule has 0 atom stereocenters. The number of esters is 1. The molecule has 0 N–H and O–H groups in total. The molecule has 8 heteroatoms. The van der Waals surface area contributed by atoms with Crippen molar-refractivity contribution < 1.29 is 32.9 Å². The van der Waals surface area contributed by atoms with Crippen LogP contribution in [0.3, 0.4) is 0 Å². The van der Waals surface area contributed by atoms with Gasteiger partial charge in [0.05, 0.1) is 59.5 Å². The van der Waals surface area contributed by atoms with Crippen LogP contribution in [0.2, 0.25) is 5.04 Å². The van der Waals surface area contributed by atoms with Gasteiger partial charge in [0.2, 0.25) is 0 Å². The lowest BCUT2D eigenvalue weighted by Gasteiger charge is -2.43. The molecule has 0 aliphatic heterocycles. The zero-order valence-electron chi connectivity index (χ0n) is 22.2. The number of carbonyl (C=O) groups excluding carboxylic acids is 1. The summed E-state index contributed by atoms with van der Waals surface area (Å²) in [5.74, 6) is -0.303. The quantitative estimate of drug-likeness (QED) is 0.170. The maximum atomic E-state index is 10.6. The van der Waals surface area contributed by atoms with Gasteiger partial charge in [-0.05, 0) is 15.4 Å². The summed E-state index contributed by atoms with van der Waals surface area (Å²) in [6, 6.07) is 21.2. The Balaban J connectivity index is 1.66. The number of carbonyl (C=O) groups is 1. The topological polar surface area (TPSA) is 72.5 Å². The van der Waals surface area contributed by atoms with E-state index in [4.69, 9.17) is 28.1 Å². The van der Waals surface area contributed by atoms with E-state index in [9.17, 15) is 4.79 Å². The fourth-order valence-corrected chi connectivity index (χ4v) is 8.57. The Morgan fingerprint density at radius 1 is 0.611 bits per heavy atom. The summed E-state index contributed by atoms with van der Waals surface area (Å²) in [6.45, 7) is 12.8. The third kappa shape index (κ3) is 10.1. The van der Waals surface area contributed by atoms with Crippen molar-refractivity contribution in [3.05, 3.63) is 60.7 Å². The van der Waals surface area contributed by atoms with E-state index < -0.39 is 8.32 Å². The molecule has 0 spiro atoms. The summed E-state index contributed by atoms with van der Waals surface area (Å²) in [5.41, 5.74) is 0. The highest BCUT2D eigenvalue weighted by atomic mass is 28.4. The highest BCUT2D eigenvalue weighted by Gasteiger charge is 2.49. The first-order valence-corrected chi connectivity index (χ1v) is 14.5. The molecule has 0 radical (unpaired) electrons. The molecule has 200 valence electrons. The summed E-state index contributed by atoms with van der Waals surface area (Å²) >= 11 is 0. The van der Waals surface area contributed by atoms with Gasteiger partial charge in [-0.25, -0.2) is 0 Å². The Bertz CT molecular complexity index is 800. The van der Waals surface area contributed by atoms with Gasteiger partial charge in [0, 0.05) is 6.92 Å². The molecule has 2 aromatic carbocycles. The van der Waals surface area contributed by atoms with Crippen LogP contribution in [-0.2, 0) is 32.9 Å². The van der Waals surface area contributed by atoms with Crippen LogP contribution in [0.5, 0.6) is 0 Å². The van der Waals surface area contributed by atoms with E-state index in [0.717, 1.165) is 0 Å². The van der Waals surface area contributed by atoms with Crippen LogP contribution in [0, 0.1) is 0 Å². The summed E-state index contributed by atoms with van der Waals surface area (Å²) in [6.07, 6.45) is 0. The van der Waals surface area contributed by atoms with Crippen LogP contribution in [0.1, 0.15) is 27.7 Å². The van der Waals surface area contributed by atoms with Crippen molar-refractivity contribution in [2.24, 2.45) is 0 Å². The molecule has 0 aliphatic carbocycles. The molecule has 0 aromatic heterocycles. The van der Waals surface area contributed by atoms with Gasteiger partial charge >= 0.3 is 5.97 Å². The zero-order chi connectivity index (χ0) is 26.1. The average Bonchev–Trinajstić information content (AvgIpc) is 2.86. The van der Waals surface area contributed by atoms with E-state index in [1.807, 2.05) is 12.1 Å². The molecule has 0 amide bonds. The van der Waals surface area contributed by atoms with E-state index in [0.29, 0.717) is 59.5 Å². The van der Waals surface area contributed by atoms with Gasteiger partial charge in [-0.3, -0.25) is 4.79 Å². The normalized spacial score (nSPS) is 12.0. The molecule has 0 fully saturated rings. The van der Waals surface area contributed by atoms with E-state index >= 15 is 0 Å². The van der Waals surface area contributed by atoms with E-state index in [-0.39, 0.29) is 17.6 Å². The molecular weight excluding hydrogens is 476 g/mol. The van der Waals surface area contributed by atoms with Crippen LogP contribution < -0.4 is 10.4 Å². The molecule has 0 aliphatic rings. The second-order valence-corrected chi connectivity index (χ2v) is 13.6. The number of hydrogen-bond acceptors (Lipinski definition) is 7. The van der Waals surface area contributed by atoms with Gasteiger partial charge in [-0.1, -0.05) is 81.4 Å². The number of benzene rings is 2. The summed E-state index contributed by atoms with van der Waals surface area (Å²) in [7, 11) is -2.52. The lowest BCUT2D eigenvalue weighted by molar-refractivity contribution is -0.142. The molecule has 0 bridgehead atoms. The fraction of sp³-hybridized carbons (Fsp3) is 0.536. The second kappa shape index (κ2) is 16.6. The van der Waals surface area contributed by atoms with Crippen LogP contribution in [0.4, 0.5) is 0 Å². The average molecular weight is 519 g/mol. The van der Waals surface area contributed by atoms with Crippen molar-refractivity contribution in [2.45, 2.75) is 32.7 Å². The van der Waals surface area contributed by atoms with Gasteiger partial charge < -0.3 is 28.1 Å². The molecule has 0 saturated heterocycles. The smallest absolute Gasteiger partial charge is 0.302 e. The third-order valence-corrected chi connectivity index (χ3v) is 10.7. The molecule has 0 saturated carbocycles. The minimum Gasteiger partial charge on any atom is -0.463 e. The van der Waals surface area contributed by atoms with E-state index in [1.54, 1.807) is 0 Å². The minimum atomic E-state index is -2.52. The van der Waals surface area contributed by atoms with Crippen LogP contribution >= 0.6 is 0 Å².